The molecule has 6 heteroatoms. The Morgan fingerprint density at radius 2 is 2.05 bits per heavy atom. The van der Waals surface area contributed by atoms with Crippen molar-refractivity contribution in [1.82, 2.24) is 4.90 Å². The van der Waals surface area contributed by atoms with Crippen molar-refractivity contribution < 1.29 is 5.11 Å². The first-order valence-corrected chi connectivity index (χ1v) is 14.1. The summed E-state index contributed by atoms with van der Waals surface area (Å²) in [7, 11) is 0. The van der Waals surface area contributed by atoms with Crippen LogP contribution in [-0.2, 0) is 0 Å². The second-order valence-corrected chi connectivity index (χ2v) is 10.6. The van der Waals surface area contributed by atoms with Crippen molar-refractivity contribution in [2.24, 2.45) is 21.1 Å². The summed E-state index contributed by atoms with van der Waals surface area (Å²) in [6, 6.07) is 2.16. The number of unbranched alkanes of at least 4 members (excludes halogenated alkanes) is 1. The average Bonchev–Trinajstić information content (AvgIpc) is 3.04. The van der Waals surface area contributed by atoms with Crippen molar-refractivity contribution in [2.75, 3.05) is 13.2 Å². The fourth-order valence-electron chi connectivity index (χ4n) is 5.17. The van der Waals surface area contributed by atoms with Crippen LogP contribution >= 0.6 is 0 Å². The molecule has 2 atom stereocenters. The van der Waals surface area contributed by atoms with Crippen LogP contribution in [0, 0.1) is 17.2 Å². The number of hydrogen-bond donors (Lipinski definition) is 1. The van der Waals surface area contributed by atoms with Gasteiger partial charge in [0.15, 0.2) is 0 Å². The van der Waals surface area contributed by atoms with Crippen molar-refractivity contribution in [1.29, 1.82) is 5.26 Å². The van der Waals surface area contributed by atoms with E-state index in [1.165, 1.54) is 22.3 Å². The monoisotopic (exact) mass is 529 g/mol. The molecule has 2 aliphatic rings. The van der Waals surface area contributed by atoms with Crippen LogP contribution in [0.1, 0.15) is 86.5 Å². The van der Waals surface area contributed by atoms with E-state index < -0.39 is 0 Å². The minimum atomic E-state index is -0.0514. The van der Waals surface area contributed by atoms with Crippen LogP contribution in [0.3, 0.4) is 0 Å². The number of hydrogen-bond acceptors (Lipinski definition) is 5. The van der Waals surface area contributed by atoms with Gasteiger partial charge in [-0.15, -0.1) is 5.10 Å². The van der Waals surface area contributed by atoms with Crippen molar-refractivity contribution in [3.05, 3.63) is 70.0 Å². The molecular formula is C33H47N5O. The summed E-state index contributed by atoms with van der Waals surface area (Å²) >= 11 is 0. The van der Waals surface area contributed by atoms with E-state index >= 15 is 0 Å². The zero-order valence-electron chi connectivity index (χ0n) is 24.9. The number of rotatable bonds is 11. The van der Waals surface area contributed by atoms with Gasteiger partial charge in [-0.3, -0.25) is 4.99 Å². The number of aliphatic hydroxyl groups is 1. The molecule has 2 unspecified atom stereocenters. The molecule has 0 aromatic rings. The first-order chi connectivity index (χ1) is 18.7. The Labute approximate surface area is 236 Å². The van der Waals surface area contributed by atoms with Gasteiger partial charge in [-0.2, -0.15) is 10.4 Å². The summed E-state index contributed by atoms with van der Waals surface area (Å²) in [6.45, 7) is 21.1. The molecule has 1 N–H and O–H groups in total. The molecule has 210 valence electrons. The first kappa shape index (κ1) is 31.9. The number of amidine groups is 1. The van der Waals surface area contributed by atoms with Gasteiger partial charge in [-0.1, -0.05) is 49.8 Å². The van der Waals surface area contributed by atoms with Crippen LogP contribution in [0.4, 0.5) is 0 Å². The minimum absolute atomic E-state index is 0.0514. The van der Waals surface area contributed by atoms with E-state index in [1.54, 1.807) is 0 Å². The second-order valence-electron chi connectivity index (χ2n) is 10.6. The molecule has 0 radical (unpaired) electrons. The van der Waals surface area contributed by atoms with Crippen LogP contribution in [0.25, 0.3) is 0 Å². The predicted octanol–water partition coefficient (Wildman–Crippen LogP) is 7.64. The van der Waals surface area contributed by atoms with Gasteiger partial charge in [-0.25, -0.2) is 0 Å². The number of nitriles is 1. The predicted molar refractivity (Wildman–Crippen MR) is 166 cm³/mol. The Morgan fingerprint density at radius 3 is 2.62 bits per heavy atom. The van der Waals surface area contributed by atoms with Gasteiger partial charge in [0.25, 0.3) is 0 Å². The molecule has 0 fully saturated rings. The fraction of sp³-hybridized carbons (Fsp3) is 0.515. The number of allylic oxidation sites excluding steroid dienone is 11. The second kappa shape index (κ2) is 16.0. The van der Waals surface area contributed by atoms with Crippen LogP contribution in [0.15, 0.2) is 85.2 Å². The van der Waals surface area contributed by atoms with E-state index in [-0.39, 0.29) is 18.6 Å². The highest BCUT2D eigenvalue weighted by Gasteiger charge is 2.31. The van der Waals surface area contributed by atoms with E-state index in [2.05, 4.69) is 93.4 Å². The van der Waals surface area contributed by atoms with Crippen molar-refractivity contribution in [3.8, 4) is 6.07 Å². The lowest BCUT2D eigenvalue weighted by Crippen LogP contribution is -2.34. The number of nitrogens with zero attached hydrogens (tertiary/aromatic N) is 5. The quantitative estimate of drug-likeness (QED) is 0.129. The molecule has 2 rings (SSSR count). The summed E-state index contributed by atoms with van der Waals surface area (Å²) in [5.74, 6) is 1.05. The maximum absolute atomic E-state index is 9.84. The zero-order chi connectivity index (χ0) is 28.9. The van der Waals surface area contributed by atoms with Crippen LogP contribution in [0.5, 0.6) is 0 Å². The highest BCUT2D eigenvalue weighted by molar-refractivity contribution is 6.07. The Morgan fingerprint density at radius 1 is 1.31 bits per heavy atom. The lowest BCUT2D eigenvalue weighted by atomic mass is 9.79. The van der Waals surface area contributed by atoms with Crippen LogP contribution in [-0.4, -0.2) is 47.5 Å². The van der Waals surface area contributed by atoms with Gasteiger partial charge in [0.1, 0.15) is 5.84 Å². The summed E-state index contributed by atoms with van der Waals surface area (Å²) in [6.07, 6.45) is 14.7. The largest absolute Gasteiger partial charge is 0.396 e. The van der Waals surface area contributed by atoms with Gasteiger partial charge >= 0.3 is 0 Å². The third-order valence-electron chi connectivity index (χ3n) is 7.52. The smallest absolute Gasteiger partial charge is 0.128 e. The molecule has 0 aromatic heterocycles. The summed E-state index contributed by atoms with van der Waals surface area (Å²) in [4.78, 5) is 7.51. The minimum Gasteiger partial charge on any atom is -0.396 e. The third-order valence-corrected chi connectivity index (χ3v) is 7.52. The molecular weight excluding hydrogens is 482 g/mol. The summed E-state index contributed by atoms with van der Waals surface area (Å²) in [5, 5.41) is 27.0. The van der Waals surface area contributed by atoms with E-state index in [0.29, 0.717) is 19.4 Å². The van der Waals surface area contributed by atoms with Gasteiger partial charge in [0, 0.05) is 42.8 Å². The SMILES string of the molecule is C=N/N=C(/C)N1CC(CCO)N=C(C2CC=C(C(/C=C\CCC)=C/C(=C)CC#N)CC2)C(C(C)=C(C)C)=C1C. The topological polar surface area (TPSA) is 84.3 Å². The van der Waals surface area contributed by atoms with Gasteiger partial charge in [0.2, 0.25) is 0 Å². The molecule has 0 amide bonds. The third kappa shape index (κ3) is 8.86. The van der Waals surface area contributed by atoms with E-state index in [4.69, 9.17) is 10.3 Å². The zero-order valence-corrected chi connectivity index (χ0v) is 24.9. The lowest BCUT2D eigenvalue weighted by molar-refractivity contribution is 0.268. The maximum atomic E-state index is 9.84. The van der Waals surface area contributed by atoms with Crippen LogP contribution in [0.2, 0.25) is 0 Å². The van der Waals surface area contributed by atoms with Crippen molar-refractivity contribution in [3.63, 3.8) is 0 Å². The van der Waals surface area contributed by atoms with Gasteiger partial charge in [0.05, 0.1) is 18.5 Å². The van der Waals surface area contributed by atoms with Gasteiger partial charge in [-0.05, 0) is 89.0 Å². The summed E-state index contributed by atoms with van der Waals surface area (Å²) in [5.41, 5.74) is 9.20. The average molecular weight is 530 g/mol. The number of aliphatic imine (C=N–C) groups is 1. The summed E-state index contributed by atoms with van der Waals surface area (Å²) < 4.78 is 0. The highest BCUT2D eigenvalue weighted by Crippen LogP contribution is 2.36. The maximum Gasteiger partial charge on any atom is 0.128 e. The Hall–Kier alpha value is -3.30. The lowest BCUT2D eigenvalue weighted by Gasteiger charge is -2.29. The molecule has 6 nitrogen and oxygen atoms in total. The first-order valence-electron chi connectivity index (χ1n) is 14.1. The molecule has 0 spiro atoms. The van der Waals surface area contributed by atoms with Crippen molar-refractivity contribution in [2.45, 2.75) is 92.5 Å². The molecule has 39 heavy (non-hydrogen) atoms. The van der Waals surface area contributed by atoms with E-state index in [0.717, 1.165) is 60.5 Å². The highest BCUT2D eigenvalue weighted by atomic mass is 16.3. The molecule has 0 saturated heterocycles. The molecule has 0 aromatic carbocycles. The van der Waals surface area contributed by atoms with E-state index in [9.17, 15) is 5.11 Å². The molecule has 1 aliphatic heterocycles. The Bertz CT molecular complexity index is 1160. The number of aliphatic hydroxyl groups excluding tert-OH is 1. The molecule has 1 aliphatic carbocycles. The normalized spacial score (nSPS) is 20.8. The fourth-order valence-corrected chi connectivity index (χ4v) is 5.17. The van der Waals surface area contributed by atoms with Crippen LogP contribution < -0.4 is 0 Å². The molecule has 0 saturated carbocycles. The van der Waals surface area contributed by atoms with Crippen molar-refractivity contribution >= 4 is 18.3 Å². The Balaban J connectivity index is 2.58. The van der Waals surface area contributed by atoms with E-state index in [1.807, 2.05) is 6.92 Å². The standard InChI is InChI=1S/C33H47N5O/c1-9-10-11-12-30(21-24(4)17-19-34)28-13-15-29(16-14-28)33-32(25(5)23(2)3)26(6)38(27(7)37-35-8)22-31(36-33)18-20-39/h11-13,21,29,31,39H,4,8-10,14-18,20,22H2,1-3,5-7H3/b12-11-,30-21+,37-27-. The Kier molecular flexibility index (Phi) is 13.1. The molecule has 0 bridgehead atoms. The van der Waals surface area contributed by atoms with Gasteiger partial charge < -0.3 is 10.0 Å². The molecule has 1 heterocycles.